The van der Waals surface area contributed by atoms with Crippen molar-refractivity contribution < 1.29 is 4.39 Å². The molecule has 0 aliphatic heterocycles. The van der Waals surface area contributed by atoms with Gasteiger partial charge in [-0.05, 0) is 30.7 Å². The summed E-state index contributed by atoms with van der Waals surface area (Å²) < 4.78 is 15.0. The summed E-state index contributed by atoms with van der Waals surface area (Å²) in [6, 6.07) is 6.17. The third-order valence-electron chi connectivity index (χ3n) is 2.57. The van der Waals surface area contributed by atoms with Crippen molar-refractivity contribution in [1.29, 1.82) is 5.26 Å². The molecule has 0 aliphatic rings. The molecule has 0 saturated carbocycles. The number of rotatable bonds is 4. The van der Waals surface area contributed by atoms with Crippen molar-refractivity contribution in [3.63, 3.8) is 0 Å². The van der Waals surface area contributed by atoms with Crippen LogP contribution >= 0.6 is 11.8 Å². The summed E-state index contributed by atoms with van der Waals surface area (Å²) >= 11 is 1.25. The van der Waals surface area contributed by atoms with Gasteiger partial charge < -0.3 is 0 Å². The Morgan fingerprint density at radius 1 is 1.58 bits per heavy atom. The van der Waals surface area contributed by atoms with Crippen LogP contribution in [0.4, 0.5) is 4.39 Å². The highest BCUT2D eigenvalue weighted by atomic mass is 32.2. The number of aromatic nitrogens is 3. The van der Waals surface area contributed by atoms with Gasteiger partial charge in [0.25, 0.3) is 0 Å². The molecule has 2 rings (SSSR count). The summed E-state index contributed by atoms with van der Waals surface area (Å²) in [7, 11) is 0. The molecule has 0 radical (unpaired) electrons. The van der Waals surface area contributed by atoms with E-state index in [4.69, 9.17) is 5.26 Å². The largest absolute Gasteiger partial charge is 0.343 e. The second-order valence-corrected chi connectivity index (χ2v) is 4.70. The first-order chi connectivity index (χ1) is 9.15. The number of thioether (sulfide) groups is 1. The van der Waals surface area contributed by atoms with Crippen LogP contribution in [-0.2, 0) is 12.3 Å². The van der Waals surface area contributed by atoms with Crippen molar-refractivity contribution in [3.05, 3.63) is 45.6 Å². The van der Waals surface area contributed by atoms with E-state index in [-0.39, 0.29) is 11.5 Å². The highest BCUT2D eigenvalue weighted by Crippen LogP contribution is 2.22. The van der Waals surface area contributed by atoms with E-state index in [2.05, 4.69) is 10.2 Å². The minimum atomic E-state index is -0.368. The SMILES string of the molecule is CCn1c(SCc2cc(C#N)ccc2F)n[nH]c1=O. The van der Waals surface area contributed by atoms with E-state index in [0.29, 0.717) is 28.6 Å². The van der Waals surface area contributed by atoms with Crippen molar-refractivity contribution in [2.24, 2.45) is 0 Å². The van der Waals surface area contributed by atoms with Crippen LogP contribution in [0, 0.1) is 17.1 Å². The number of hydrogen-bond donors (Lipinski definition) is 1. The third kappa shape index (κ3) is 2.85. The van der Waals surface area contributed by atoms with Crippen molar-refractivity contribution >= 4 is 11.8 Å². The number of H-pyrrole nitrogens is 1. The van der Waals surface area contributed by atoms with Crippen LogP contribution in [0.15, 0.2) is 28.2 Å². The van der Waals surface area contributed by atoms with Crippen molar-refractivity contribution in [2.45, 2.75) is 24.4 Å². The molecule has 0 amide bonds. The van der Waals surface area contributed by atoms with Crippen LogP contribution in [0.3, 0.4) is 0 Å². The van der Waals surface area contributed by atoms with Gasteiger partial charge >= 0.3 is 5.69 Å². The van der Waals surface area contributed by atoms with Crippen molar-refractivity contribution in [2.75, 3.05) is 0 Å². The van der Waals surface area contributed by atoms with Crippen LogP contribution in [-0.4, -0.2) is 14.8 Å². The Bertz CT molecular complexity index is 686. The molecule has 1 aromatic carbocycles. The van der Waals surface area contributed by atoms with Crippen LogP contribution in [0.5, 0.6) is 0 Å². The van der Waals surface area contributed by atoms with Crippen molar-refractivity contribution in [1.82, 2.24) is 14.8 Å². The minimum Gasteiger partial charge on any atom is -0.270 e. The number of benzene rings is 1. The van der Waals surface area contributed by atoms with Crippen LogP contribution in [0.25, 0.3) is 0 Å². The smallest absolute Gasteiger partial charge is 0.270 e. The van der Waals surface area contributed by atoms with Crippen LogP contribution in [0.1, 0.15) is 18.1 Å². The maximum absolute atomic E-state index is 13.6. The third-order valence-corrected chi connectivity index (χ3v) is 3.60. The van der Waals surface area contributed by atoms with Crippen molar-refractivity contribution in [3.8, 4) is 6.07 Å². The molecule has 0 fully saturated rings. The summed E-state index contributed by atoms with van der Waals surface area (Å²) in [5, 5.41) is 15.5. The number of hydrogen-bond acceptors (Lipinski definition) is 4. The monoisotopic (exact) mass is 278 g/mol. The zero-order valence-corrected chi connectivity index (χ0v) is 11.0. The average Bonchev–Trinajstić information content (AvgIpc) is 2.78. The molecular weight excluding hydrogens is 267 g/mol. The number of nitrogens with zero attached hydrogens (tertiary/aromatic N) is 3. The number of nitriles is 1. The van der Waals surface area contributed by atoms with Crippen LogP contribution < -0.4 is 5.69 Å². The highest BCUT2D eigenvalue weighted by Gasteiger charge is 2.10. The van der Waals surface area contributed by atoms with Gasteiger partial charge in [0.05, 0.1) is 11.6 Å². The molecule has 1 N–H and O–H groups in total. The zero-order chi connectivity index (χ0) is 13.8. The van der Waals surface area contributed by atoms with Gasteiger partial charge in [0, 0.05) is 12.3 Å². The van der Waals surface area contributed by atoms with Gasteiger partial charge in [-0.25, -0.2) is 14.3 Å². The fraction of sp³-hybridized carbons (Fsp3) is 0.250. The molecule has 0 spiro atoms. The van der Waals surface area contributed by atoms with Gasteiger partial charge in [-0.15, -0.1) is 5.10 Å². The fourth-order valence-electron chi connectivity index (χ4n) is 1.59. The molecule has 98 valence electrons. The molecule has 0 bridgehead atoms. The van der Waals surface area contributed by atoms with Gasteiger partial charge in [0.2, 0.25) is 0 Å². The van der Waals surface area contributed by atoms with E-state index in [1.807, 2.05) is 13.0 Å². The lowest BCUT2D eigenvalue weighted by molar-refractivity contribution is 0.616. The number of halogens is 1. The normalized spacial score (nSPS) is 10.4. The van der Waals surface area contributed by atoms with Gasteiger partial charge in [-0.2, -0.15) is 5.26 Å². The molecule has 5 nitrogen and oxygen atoms in total. The zero-order valence-electron chi connectivity index (χ0n) is 10.2. The Morgan fingerprint density at radius 2 is 2.37 bits per heavy atom. The first kappa shape index (κ1) is 13.4. The minimum absolute atomic E-state index is 0.281. The highest BCUT2D eigenvalue weighted by molar-refractivity contribution is 7.98. The van der Waals surface area contributed by atoms with E-state index >= 15 is 0 Å². The predicted molar refractivity (Wildman–Crippen MR) is 69.2 cm³/mol. The van der Waals surface area contributed by atoms with Gasteiger partial charge in [0.1, 0.15) is 5.82 Å². The second-order valence-electron chi connectivity index (χ2n) is 3.76. The topological polar surface area (TPSA) is 74.5 Å². The Hall–Kier alpha value is -2.07. The summed E-state index contributed by atoms with van der Waals surface area (Å²) in [5.74, 6) is -0.0570. The molecule has 2 aromatic rings. The van der Waals surface area contributed by atoms with Gasteiger partial charge in [-0.3, -0.25) is 4.57 Å². The van der Waals surface area contributed by atoms with E-state index in [1.54, 1.807) is 0 Å². The maximum Gasteiger partial charge on any atom is 0.343 e. The predicted octanol–water partition coefficient (Wildman–Crippen LogP) is 1.89. The quantitative estimate of drug-likeness (QED) is 0.867. The molecular formula is C12H11FN4OS. The molecule has 0 unspecified atom stereocenters. The first-order valence-electron chi connectivity index (χ1n) is 5.62. The summed E-state index contributed by atoms with van der Waals surface area (Å²) in [6.07, 6.45) is 0. The lowest BCUT2D eigenvalue weighted by Gasteiger charge is -2.04. The molecule has 0 aliphatic carbocycles. The van der Waals surface area contributed by atoms with E-state index in [9.17, 15) is 9.18 Å². The Kier molecular flexibility index (Phi) is 4.02. The summed E-state index contributed by atoms with van der Waals surface area (Å²) in [6.45, 7) is 2.33. The van der Waals surface area contributed by atoms with Gasteiger partial charge in [-0.1, -0.05) is 11.8 Å². The lowest BCUT2D eigenvalue weighted by Crippen LogP contribution is -2.16. The Morgan fingerprint density at radius 3 is 3.05 bits per heavy atom. The Balaban J connectivity index is 2.19. The molecule has 7 heteroatoms. The molecule has 19 heavy (non-hydrogen) atoms. The summed E-state index contributed by atoms with van der Waals surface area (Å²) in [4.78, 5) is 11.4. The number of nitrogens with one attached hydrogen (secondary N) is 1. The standard InChI is InChI=1S/C12H11FN4OS/c1-2-17-11(18)15-16-12(17)19-7-9-5-8(6-14)3-4-10(9)13/h3-5H,2,7H2,1H3,(H,15,18). The van der Waals surface area contributed by atoms with Gasteiger partial charge in [0.15, 0.2) is 5.16 Å². The molecule has 1 aromatic heterocycles. The first-order valence-corrected chi connectivity index (χ1v) is 6.60. The van der Waals surface area contributed by atoms with E-state index in [1.165, 1.54) is 34.5 Å². The molecule has 0 atom stereocenters. The van der Waals surface area contributed by atoms with Crippen LogP contribution in [0.2, 0.25) is 0 Å². The molecule has 0 saturated heterocycles. The van der Waals surface area contributed by atoms with E-state index in [0.717, 1.165) is 0 Å². The summed E-state index contributed by atoms with van der Waals surface area (Å²) in [5.41, 5.74) is 0.547. The molecule has 1 heterocycles. The maximum atomic E-state index is 13.6. The second kappa shape index (κ2) is 5.71. The lowest BCUT2D eigenvalue weighted by atomic mass is 10.1. The van der Waals surface area contributed by atoms with E-state index < -0.39 is 0 Å². The fourth-order valence-corrected chi connectivity index (χ4v) is 2.57. The Labute approximate surface area is 113 Å². The average molecular weight is 278 g/mol. The number of aromatic amines is 1.